The lowest BCUT2D eigenvalue weighted by Gasteiger charge is -2.18. The van der Waals surface area contributed by atoms with Crippen molar-refractivity contribution in [2.24, 2.45) is 4.99 Å². The number of ether oxygens (including phenoxy) is 2. The minimum Gasteiger partial charge on any atom is -0.486 e. The lowest BCUT2D eigenvalue weighted by molar-refractivity contribution is -0.391. The van der Waals surface area contributed by atoms with Gasteiger partial charge >= 0.3 is 5.82 Å². The zero-order chi connectivity index (χ0) is 19.8. The molecule has 28 heavy (non-hydrogen) atoms. The summed E-state index contributed by atoms with van der Waals surface area (Å²) in [4.78, 5) is 16.6. The van der Waals surface area contributed by atoms with Crippen LogP contribution in [0.1, 0.15) is 11.1 Å². The predicted molar refractivity (Wildman–Crippen MR) is 97.5 cm³/mol. The van der Waals surface area contributed by atoms with Gasteiger partial charge in [0.1, 0.15) is 18.9 Å². The highest BCUT2D eigenvalue weighted by molar-refractivity contribution is 5.49. The predicted octanol–water partition coefficient (Wildman–Crippen LogP) is 2.44. The smallest absolute Gasteiger partial charge is 0.438 e. The standard InChI is InChI=1S/C18H17N5O5/c1-11-7-12(2)9-13(8-11)19-17-18(23(25)26)20-21(22(17)24)14-3-4-15-16(10-14)28-6-5-27-15/h3-4,7-10,24H,5-6H2,1-2H3. The average Bonchev–Trinajstić information content (AvgIpc) is 2.97. The van der Waals surface area contributed by atoms with Crippen LogP contribution >= 0.6 is 0 Å². The Bertz CT molecular complexity index is 1130. The zero-order valence-electron chi connectivity index (χ0n) is 15.2. The molecule has 1 aliphatic heterocycles. The first-order valence-corrected chi connectivity index (χ1v) is 8.51. The van der Waals surface area contributed by atoms with Crippen molar-refractivity contribution in [2.45, 2.75) is 13.8 Å². The second kappa shape index (κ2) is 6.72. The van der Waals surface area contributed by atoms with Gasteiger partial charge in [-0.15, -0.1) is 0 Å². The molecule has 0 unspecified atom stereocenters. The maximum absolute atomic E-state index is 11.5. The number of aromatic nitrogens is 3. The molecule has 0 saturated carbocycles. The molecule has 0 radical (unpaired) electrons. The minimum absolute atomic E-state index is 0.287. The maximum atomic E-state index is 11.5. The highest BCUT2D eigenvalue weighted by Gasteiger charge is 2.25. The fourth-order valence-electron chi connectivity index (χ4n) is 3.03. The van der Waals surface area contributed by atoms with Crippen LogP contribution in [-0.2, 0) is 0 Å². The summed E-state index contributed by atoms with van der Waals surface area (Å²) >= 11 is 0. The first-order valence-electron chi connectivity index (χ1n) is 8.51. The number of rotatable bonds is 3. The highest BCUT2D eigenvalue weighted by atomic mass is 16.6. The van der Waals surface area contributed by atoms with Crippen LogP contribution in [0.15, 0.2) is 41.4 Å². The normalized spacial score (nSPS) is 13.6. The summed E-state index contributed by atoms with van der Waals surface area (Å²) in [5.41, 5.74) is 2.45. The second-order valence-corrected chi connectivity index (χ2v) is 6.37. The molecule has 0 atom stereocenters. The molecule has 0 spiro atoms. The van der Waals surface area contributed by atoms with Crippen LogP contribution in [0.25, 0.3) is 5.69 Å². The van der Waals surface area contributed by atoms with Gasteiger partial charge in [0.05, 0.1) is 10.8 Å². The SMILES string of the molecule is Cc1cc(C)cc(N=c2c([N+](=O)[O-])nn(-c3ccc4c(c3)OCCO4)n2O)c1. The molecule has 1 aromatic heterocycles. The van der Waals surface area contributed by atoms with Crippen molar-refractivity contribution >= 4 is 11.5 Å². The molecule has 2 heterocycles. The third-order valence-electron chi connectivity index (χ3n) is 4.13. The molecule has 0 bridgehead atoms. The van der Waals surface area contributed by atoms with E-state index in [0.717, 1.165) is 15.9 Å². The number of nitro groups is 1. The van der Waals surface area contributed by atoms with Crippen molar-refractivity contribution in [3.63, 3.8) is 0 Å². The van der Waals surface area contributed by atoms with Crippen LogP contribution < -0.4 is 15.0 Å². The number of hydrogen-bond donors (Lipinski definition) is 1. The van der Waals surface area contributed by atoms with E-state index < -0.39 is 10.7 Å². The van der Waals surface area contributed by atoms with E-state index in [0.29, 0.717) is 40.9 Å². The van der Waals surface area contributed by atoms with Crippen molar-refractivity contribution < 1.29 is 19.6 Å². The van der Waals surface area contributed by atoms with E-state index in [2.05, 4.69) is 10.1 Å². The van der Waals surface area contributed by atoms with E-state index in [1.807, 2.05) is 19.9 Å². The molecule has 1 aliphatic rings. The Morgan fingerprint density at radius 2 is 1.79 bits per heavy atom. The van der Waals surface area contributed by atoms with Crippen LogP contribution in [0.2, 0.25) is 0 Å². The first kappa shape index (κ1) is 17.6. The number of nitrogens with zero attached hydrogens (tertiary/aromatic N) is 5. The summed E-state index contributed by atoms with van der Waals surface area (Å²) in [5.74, 6) is 0.451. The highest BCUT2D eigenvalue weighted by Crippen LogP contribution is 2.31. The molecule has 2 aromatic carbocycles. The largest absolute Gasteiger partial charge is 0.486 e. The van der Waals surface area contributed by atoms with Gasteiger partial charge in [-0.3, -0.25) is 0 Å². The van der Waals surface area contributed by atoms with Crippen molar-refractivity contribution in [3.8, 4) is 17.2 Å². The first-order chi connectivity index (χ1) is 13.4. The quantitative estimate of drug-likeness (QED) is 0.422. The van der Waals surface area contributed by atoms with Crippen LogP contribution in [0.5, 0.6) is 11.5 Å². The van der Waals surface area contributed by atoms with Gasteiger partial charge in [0.25, 0.3) is 5.49 Å². The van der Waals surface area contributed by atoms with Crippen molar-refractivity contribution in [2.75, 3.05) is 13.2 Å². The Hall–Kier alpha value is -3.82. The zero-order valence-corrected chi connectivity index (χ0v) is 15.2. The summed E-state index contributed by atoms with van der Waals surface area (Å²) < 4.78 is 11.0. The molecular weight excluding hydrogens is 366 g/mol. The number of benzene rings is 2. The molecule has 0 fully saturated rings. The van der Waals surface area contributed by atoms with Gasteiger partial charge in [0.15, 0.2) is 11.5 Å². The average molecular weight is 383 g/mol. The lowest BCUT2D eigenvalue weighted by Crippen LogP contribution is -2.22. The topological polar surface area (TPSA) is 117 Å². The second-order valence-electron chi connectivity index (χ2n) is 6.37. The van der Waals surface area contributed by atoms with Gasteiger partial charge in [-0.1, -0.05) is 10.9 Å². The summed E-state index contributed by atoms with van der Waals surface area (Å²) in [6.07, 6.45) is 0. The van der Waals surface area contributed by atoms with Crippen molar-refractivity contribution in [3.05, 3.63) is 63.1 Å². The number of aryl methyl sites for hydroxylation is 2. The number of hydrogen-bond acceptors (Lipinski definition) is 7. The van der Waals surface area contributed by atoms with E-state index in [-0.39, 0.29) is 5.49 Å². The van der Waals surface area contributed by atoms with E-state index in [9.17, 15) is 15.3 Å². The van der Waals surface area contributed by atoms with Crippen LogP contribution in [-0.4, -0.2) is 38.1 Å². The molecule has 144 valence electrons. The van der Waals surface area contributed by atoms with E-state index in [1.165, 1.54) is 0 Å². The molecule has 1 N–H and O–H groups in total. The third kappa shape index (κ3) is 3.15. The van der Waals surface area contributed by atoms with Gasteiger partial charge in [-0.05, 0) is 59.0 Å². The Morgan fingerprint density at radius 3 is 2.46 bits per heavy atom. The van der Waals surface area contributed by atoms with E-state index >= 15 is 0 Å². The Morgan fingerprint density at radius 1 is 1.11 bits per heavy atom. The summed E-state index contributed by atoms with van der Waals surface area (Å²) in [6.45, 7) is 4.62. The molecule has 0 amide bonds. The summed E-state index contributed by atoms with van der Waals surface area (Å²) in [6, 6.07) is 10.3. The van der Waals surface area contributed by atoms with E-state index in [4.69, 9.17) is 9.47 Å². The fraction of sp³-hybridized carbons (Fsp3) is 0.222. The van der Waals surface area contributed by atoms with Gasteiger partial charge < -0.3 is 24.8 Å². The number of fused-ring (bicyclic) bond motifs is 1. The molecule has 3 aromatic rings. The maximum Gasteiger partial charge on any atom is 0.438 e. The third-order valence-corrected chi connectivity index (χ3v) is 4.13. The van der Waals surface area contributed by atoms with Crippen molar-refractivity contribution in [1.29, 1.82) is 0 Å². The Balaban J connectivity index is 1.88. The molecular formula is C18H17N5O5. The molecule has 0 aliphatic carbocycles. The monoisotopic (exact) mass is 383 g/mol. The van der Waals surface area contributed by atoms with Gasteiger partial charge in [0, 0.05) is 6.07 Å². The fourth-order valence-corrected chi connectivity index (χ4v) is 3.03. The minimum atomic E-state index is -0.692. The Kier molecular flexibility index (Phi) is 4.22. The summed E-state index contributed by atoms with van der Waals surface area (Å²) in [7, 11) is 0. The molecule has 10 nitrogen and oxygen atoms in total. The molecule has 10 heteroatoms. The molecule has 0 saturated heterocycles. The van der Waals surface area contributed by atoms with Crippen LogP contribution in [0.4, 0.5) is 11.5 Å². The van der Waals surface area contributed by atoms with Crippen molar-refractivity contribution in [1.82, 2.24) is 14.7 Å². The molecule has 4 rings (SSSR count). The van der Waals surface area contributed by atoms with Gasteiger partial charge in [-0.25, -0.2) is 4.99 Å². The lowest BCUT2D eigenvalue weighted by atomic mass is 10.1. The summed E-state index contributed by atoms with van der Waals surface area (Å²) in [5, 5.41) is 25.9. The van der Waals surface area contributed by atoms with E-state index in [1.54, 1.807) is 30.3 Å². The van der Waals surface area contributed by atoms with Crippen LogP contribution in [0, 0.1) is 24.0 Å². The van der Waals surface area contributed by atoms with Gasteiger partial charge in [0.2, 0.25) is 0 Å². The van der Waals surface area contributed by atoms with Crippen LogP contribution in [0.3, 0.4) is 0 Å². The Labute approximate surface area is 159 Å². The van der Waals surface area contributed by atoms with Gasteiger partial charge in [-0.2, -0.15) is 0 Å².